The Balaban J connectivity index is 0.00000307. The second-order valence-corrected chi connectivity index (χ2v) is 10.0. The predicted octanol–water partition coefficient (Wildman–Crippen LogP) is 3.56. The topological polar surface area (TPSA) is 177 Å². The number of benzene rings is 2. The van der Waals surface area contributed by atoms with Crippen molar-refractivity contribution < 1.29 is 43.1 Å². The van der Waals surface area contributed by atoms with Crippen LogP contribution in [0.3, 0.4) is 0 Å². The SMILES string of the molecule is CC.CCc1cn(CCOCCOCCOCCOCCOCCNC(=O)c2ccc(-c3cc(=O)c4ccc(O)c(O)c4o3)cc2)nn1. The van der Waals surface area contributed by atoms with Crippen LogP contribution in [0, 0.1) is 0 Å². The number of aromatic nitrogens is 3. The van der Waals surface area contributed by atoms with Gasteiger partial charge >= 0.3 is 0 Å². The first-order valence-electron chi connectivity index (χ1n) is 16.1. The van der Waals surface area contributed by atoms with Gasteiger partial charge in [-0.2, -0.15) is 0 Å². The van der Waals surface area contributed by atoms with E-state index in [9.17, 15) is 19.8 Å². The molecule has 262 valence electrons. The van der Waals surface area contributed by atoms with E-state index < -0.39 is 5.75 Å². The molecular formula is C34H46N4O10. The van der Waals surface area contributed by atoms with Gasteiger partial charge in [0.2, 0.25) is 5.75 Å². The first kappa shape index (κ1) is 38.1. The minimum absolute atomic E-state index is 0.107. The van der Waals surface area contributed by atoms with Crippen molar-refractivity contribution in [2.75, 3.05) is 72.6 Å². The highest BCUT2D eigenvalue weighted by Crippen LogP contribution is 2.34. The fourth-order valence-corrected chi connectivity index (χ4v) is 4.21. The minimum atomic E-state index is -0.507. The molecule has 0 radical (unpaired) electrons. The minimum Gasteiger partial charge on any atom is -0.504 e. The molecule has 0 aliphatic heterocycles. The molecule has 14 nitrogen and oxygen atoms in total. The Bertz CT molecular complexity index is 1570. The number of hydrogen-bond acceptors (Lipinski definition) is 12. The van der Waals surface area contributed by atoms with E-state index in [-0.39, 0.29) is 33.8 Å². The predicted molar refractivity (Wildman–Crippen MR) is 178 cm³/mol. The summed E-state index contributed by atoms with van der Waals surface area (Å²) in [7, 11) is 0. The zero-order chi connectivity index (χ0) is 34.6. The van der Waals surface area contributed by atoms with Crippen molar-refractivity contribution in [3.05, 3.63) is 70.1 Å². The Morgan fingerprint density at radius 2 is 1.42 bits per heavy atom. The van der Waals surface area contributed by atoms with Crippen LogP contribution in [-0.4, -0.2) is 104 Å². The van der Waals surface area contributed by atoms with Crippen LogP contribution >= 0.6 is 0 Å². The van der Waals surface area contributed by atoms with Crippen LogP contribution in [0.2, 0.25) is 0 Å². The van der Waals surface area contributed by atoms with E-state index in [2.05, 4.69) is 15.6 Å². The summed E-state index contributed by atoms with van der Waals surface area (Å²) in [5.41, 5.74) is 1.44. The van der Waals surface area contributed by atoms with Crippen molar-refractivity contribution in [3.8, 4) is 22.8 Å². The third-order valence-corrected chi connectivity index (χ3v) is 6.71. The number of carbonyl (C=O) groups excluding carboxylic acids is 1. The van der Waals surface area contributed by atoms with Gasteiger partial charge in [0, 0.05) is 29.9 Å². The molecule has 2 aromatic heterocycles. The lowest BCUT2D eigenvalue weighted by Crippen LogP contribution is -2.27. The molecule has 48 heavy (non-hydrogen) atoms. The van der Waals surface area contributed by atoms with Gasteiger partial charge in [0.15, 0.2) is 16.8 Å². The number of nitrogens with one attached hydrogen (secondary N) is 1. The number of amides is 1. The quantitative estimate of drug-likeness (QED) is 0.0869. The average molecular weight is 671 g/mol. The van der Waals surface area contributed by atoms with E-state index in [4.69, 9.17) is 28.1 Å². The highest BCUT2D eigenvalue weighted by atomic mass is 16.6. The molecule has 2 heterocycles. The number of aryl methyl sites for hydroxylation is 1. The Hall–Kier alpha value is -4.34. The average Bonchev–Trinajstić information content (AvgIpc) is 3.58. The van der Waals surface area contributed by atoms with E-state index in [1.165, 1.54) is 18.2 Å². The van der Waals surface area contributed by atoms with E-state index in [1.54, 1.807) is 28.9 Å². The molecule has 0 fully saturated rings. The van der Waals surface area contributed by atoms with Crippen molar-refractivity contribution in [1.82, 2.24) is 20.3 Å². The molecule has 4 aromatic rings. The molecule has 1 amide bonds. The maximum Gasteiger partial charge on any atom is 0.251 e. The lowest BCUT2D eigenvalue weighted by Gasteiger charge is -2.09. The number of hydrogen-bond donors (Lipinski definition) is 3. The molecule has 0 unspecified atom stereocenters. The highest BCUT2D eigenvalue weighted by molar-refractivity contribution is 5.94. The van der Waals surface area contributed by atoms with E-state index >= 15 is 0 Å². The number of fused-ring (bicyclic) bond motifs is 1. The lowest BCUT2D eigenvalue weighted by atomic mass is 10.1. The molecule has 0 aliphatic rings. The normalized spacial score (nSPS) is 11.0. The van der Waals surface area contributed by atoms with Gasteiger partial charge in [-0.25, -0.2) is 4.68 Å². The van der Waals surface area contributed by atoms with Gasteiger partial charge in [0.25, 0.3) is 5.91 Å². The summed E-state index contributed by atoms with van der Waals surface area (Å²) in [4.78, 5) is 24.9. The summed E-state index contributed by atoms with van der Waals surface area (Å²) in [6.07, 6.45) is 2.79. The molecule has 0 saturated heterocycles. The number of phenols is 2. The molecule has 0 aliphatic carbocycles. The number of carbonyl (C=O) groups is 1. The largest absolute Gasteiger partial charge is 0.504 e. The molecule has 0 atom stereocenters. The van der Waals surface area contributed by atoms with Crippen molar-refractivity contribution >= 4 is 16.9 Å². The third kappa shape index (κ3) is 12.4. The molecule has 14 heteroatoms. The number of rotatable bonds is 21. The monoisotopic (exact) mass is 670 g/mol. The second kappa shape index (κ2) is 21.5. The highest BCUT2D eigenvalue weighted by Gasteiger charge is 2.14. The van der Waals surface area contributed by atoms with Crippen molar-refractivity contribution in [2.45, 2.75) is 33.7 Å². The van der Waals surface area contributed by atoms with Gasteiger partial charge < -0.3 is 43.6 Å². The standard InChI is InChI=1S/C32H40N4O10.C2H6/c1-2-25-22-36(35-34-25)10-12-42-14-16-44-18-20-45-19-17-43-15-13-41-11-9-33-32(40)24-5-3-23(4-6-24)29-21-28(38)26-7-8-27(37)30(39)31(26)46-29;1-2/h3-8,21-22,37,39H,2,9-20H2,1H3,(H,33,40);1-2H3. The summed E-state index contributed by atoms with van der Waals surface area (Å²) < 4.78 is 34.9. The number of nitrogens with zero attached hydrogens (tertiary/aromatic N) is 3. The van der Waals surface area contributed by atoms with Gasteiger partial charge in [-0.15, -0.1) is 5.10 Å². The molecule has 0 spiro atoms. The van der Waals surface area contributed by atoms with Crippen molar-refractivity contribution in [1.29, 1.82) is 0 Å². The summed E-state index contributed by atoms with van der Waals surface area (Å²) in [6.45, 7) is 11.5. The Kier molecular flexibility index (Phi) is 17.1. The number of ether oxygens (including phenoxy) is 5. The van der Waals surface area contributed by atoms with E-state index in [0.29, 0.717) is 90.3 Å². The van der Waals surface area contributed by atoms with Gasteiger partial charge in [-0.05, 0) is 30.7 Å². The lowest BCUT2D eigenvalue weighted by molar-refractivity contribution is -0.0113. The molecule has 0 bridgehead atoms. The van der Waals surface area contributed by atoms with Gasteiger partial charge in [0.1, 0.15) is 5.76 Å². The van der Waals surface area contributed by atoms with Crippen LogP contribution in [0.25, 0.3) is 22.3 Å². The maximum absolute atomic E-state index is 12.5. The Morgan fingerprint density at radius 1 is 0.833 bits per heavy atom. The fraction of sp³-hybridized carbons (Fsp3) is 0.471. The molecule has 3 N–H and O–H groups in total. The van der Waals surface area contributed by atoms with Crippen LogP contribution in [-0.2, 0) is 36.6 Å². The van der Waals surface area contributed by atoms with Crippen LogP contribution in [0.4, 0.5) is 0 Å². The van der Waals surface area contributed by atoms with Gasteiger partial charge in [-0.3, -0.25) is 9.59 Å². The molecular weight excluding hydrogens is 624 g/mol. The van der Waals surface area contributed by atoms with Crippen LogP contribution < -0.4 is 10.7 Å². The van der Waals surface area contributed by atoms with Crippen LogP contribution in [0.15, 0.2) is 57.9 Å². The van der Waals surface area contributed by atoms with E-state index in [1.807, 2.05) is 27.0 Å². The zero-order valence-corrected chi connectivity index (χ0v) is 27.8. The zero-order valence-electron chi connectivity index (χ0n) is 27.8. The van der Waals surface area contributed by atoms with Crippen molar-refractivity contribution in [3.63, 3.8) is 0 Å². The summed E-state index contributed by atoms with van der Waals surface area (Å²) in [5.74, 6) is -0.983. The summed E-state index contributed by atoms with van der Waals surface area (Å²) in [6, 6.07) is 10.4. The van der Waals surface area contributed by atoms with Gasteiger partial charge in [-0.1, -0.05) is 38.1 Å². The Labute approximate surface area is 279 Å². The first-order valence-corrected chi connectivity index (χ1v) is 16.1. The fourth-order valence-electron chi connectivity index (χ4n) is 4.21. The number of aromatic hydroxyl groups is 2. The van der Waals surface area contributed by atoms with Crippen molar-refractivity contribution in [2.24, 2.45) is 0 Å². The molecule has 0 saturated carbocycles. The van der Waals surface area contributed by atoms with Crippen LogP contribution in [0.1, 0.15) is 36.8 Å². The maximum atomic E-state index is 12.5. The van der Waals surface area contributed by atoms with Gasteiger partial charge in [0.05, 0.1) is 83.7 Å². The molecule has 2 aromatic carbocycles. The Morgan fingerprint density at radius 3 is 2.00 bits per heavy atom. The summed E-state index contributed by atoms with van der Waals surface area (Å²) >= 11 is 0. The number of phenolic OH excluding ortho intramolecular Hbond substituents is 2. The van der Waals surface area contributed by atoms with Crippen LogP contribution in [0.5, 0.6) is 11.5 Å². The second-order valence-electron chi connectivity index (χ2n) is 10.0. The van der Waals surface area contributed by atoms with E-state index in [0.717, 1.165) is 12.1 Å². The third-order valence-electron chi connectivity index (χ3n) is 6.71. The molecule has 4 rings (SSSR count). The smallest absolute Gasteiger partial charge is 0.251 e. The summed E-state index contributed by atoms with van der Waals surface area (Å²) in [5, 5.41) is 30.8. The first-order chi connectivity index (χ1) is 23.5.